The molecule has 192 valence electrons. The summed E-state index contributed by atoms with van der Waals surface area (Å²) in [5.74, 6) is 0.272. The summed E-state index contributed by atoms with van der Waals surface area (Å²) in [5.41, 5.74) is 5.85. The molecule has 0 bridgehead atoms. The lowest BCUT2D eigenvalue weighted by Crippen LogP contribution is -2.40. The van der Waals surface area contributed by atoms with E-state index in [1.807, 2.05) is 53.6 Å². The standard InChI is InChI=1S/C28H27N7O3/c36-23-3-1-2-19(14-23)16-29-17-20-4-9-25-24(15-20)27(32-30-25)26-18-35(33-31-26)22-7-5-21(6-8-22)28(37)34-10-12-38-13-11-34/h1-9,14-15,18,29,36H,10-13,16-17H2,(H,30,32). The Morgan fingerprint density at radius 3 is 2.58 bits per heavy atom. The first kappa shape index (κ1) is 23.8. The largest absolute Gasteiger partial charge is 0.508 e. The number of carbonyl (C=O) groups excluding carboxylic acids is 1. The van der Waals surface area contributed by atoms with Crippen molar-refractivity contribution in [1.82, 2.24) is 35.4 Å². The van der Waals surface area contributed by atoms with E-state index in [9.17, 15) is 9.90 Å². The number of fused-ring (bicyclic) bond motifs is 1. The number of hydrogen-bond acceptors (Lipinski definition) is 7. The summed E-state index contributed by atoms with van der Waals surface area (Å²) >= 11 is 0. The molecule has 5 aromatic rings. The molecular weight excluding hydrogens is 482 g/mol. The molecule has 3 aromatic carbocycles. The first-order valence-electron chi connectivity index (χ1n) is 12.5. The fourth-order valence-corrected chi connectivity index (χ4v) is 4.59. The molecule has 10 heteroatoms. The van der Waals surface area contributed by atoms with Crippen molar-refractivity contribution in [2.24, 2.45) is 0 Å². The maximum Gasteiger partial charge on any atom is 0.254 e. The molecule has 0 atom stereocenters. The number of H-pyrrole nitrogens is 1. The van der Waals surface area contributed by atoms with Crippen LogP contribution >= 0.6 is 0 Å². The maximum atomic E-state index is 12.7. The topological polar surface area (TPSA) is 121 Å². The normalized spacial score (nSPS) is 13.7. The van der Waals surface area contributed by atoms with E-state index in [1.54, 1.807) is 16.8 Å². The number of aromatic amines is 1. The molecule has 1 aliphatic heterocycles. The van der Waals surface area contributed by atoms with E-state index in [4.69, 9.17) is 4.74 Å². The van der Waals surface area contributed by atoms with Crippen molar-refractivity contribution in [3.63, 3.8) is 0 Å². The third-order valence-corrected chi connectivity index (χ3v) is 6.61. The van der Waals surface area contributed by atoms with Crippen LogP contribution in [-0.2, 0) is 17.8 Å². The van der Waals surface area contributed by atoms with Crippen molar-refractivity contribution in [3.8, 4) is 22.8 Å². The number of ether oxygens (including phenoxy) is 1. The Kier molecular flexibility index (Phi) is 6.55. The summed E-state index contributed by atoms with van der Waals surface area (Å²) in [6, 6.07) is 20.7. The van der Waals surface area contributed by atoms with Crippen LogP contribution in [0.4, 0.5) is 0 Å². The molecule has 1 amide bonds. The Hall–Kier alpha value is -4.54. The number of nitrogens with one attached hydrogen (secondary N) is 2. The predicted molar refractivity (Wildman–Crippen MR) is 142 cm³/mol. The van der Waals surface area contributed by atoms with Crippen LogP contribution in [0.15, 0.2) is 72.9 Å². The number of phenolic OH excluding ortho intramolecular Hbond substituents is 1. The average Bonchev–Trinajstić information content (AvgIpc) is 3.61. The van der Waals surface area contributed by atoms with Gasteiger partial charge in [0.25, 0.3) is 5.91 Å². The van der Waals surface area contributed by atoms with Crippen LogP contribution in [0.5, 0.6) is 5.75 Å². The minimum atomic E-state index is 0.00864. The molecular formula is C28H27N7O3. The van der Waals surface area contributed by atoms with Gasteiger partial charge < -0.3 is 20.1 Å². The van der Waals surface area contributed by atoms with Gasteiger partial charge in [0.05, 0.1) is 30.6 Å². The van der Waals surface area contributed by atoms with Gasteiger partial charge in [-0.1, -0.05) is 23.4 Å². The fraction of sp³-hybridized carbons (Fsp3) is 0.214. The van der Waals surface area contributed by atoms with Crippen LogP contribution in [0.2, 0.25) is 0 Å². The highest BCUT2D eigenvalue weighted by Gasteiger charge is 2.19. The SMILES string of the molecule is O=C(c1ccc(-n2cc(-c3n[nH]c4ccc(CNCc5cccc(O)c5)cc34)nn2)cc1)N1CCOCC1. The van der Waals surface area contributed by atoms with E-state index in [1.165, 1.54) is 0 Å². The first-order valence-corrected chi connectivity index (χ1v) is 12.5. The number of nitrogens with zero attached hydrogens (tertiary/aromatic N) is 5. The van der Waals surface area contributed by atoms with Gasteiger partial charge in [0.1, 0.15) is 17.1 Å². The minimum absolute atomic E-state index is 0.00864. The van der Waals surface area contributed by atoms with Crippen molar-refractivity contribution < 1.29 is 14.6 Å². The number of benzene rings is 3. The smallest absolute Gasteiger partial charge is 0.254 e. The monoisotopic (exact) mass is 509 g/mol. The lowest BCUT2D eigenvalue weighted by Gasteiger charge is -2.26. The van der Waals surface area contributed by atoms with Gasteiger partial charge in [-0.2, -0.15) is 5.10 Å². The summed E-state index contributed by atoms with van der Waals surface area (Å²) in [4.78, 5) is 14.5. The van der Waals surface area contributed by atoms with E-state index < -0.39 is 0 Å². The van der Waals surface area contributed by atoms with E-state index in [0.717, 1.165) is 33.4 Å². The number of phenols is 1. The maximum absolute atomic E-state index is 12.7. The van der Waals surface area contributed by atoms with Crippen molar-refractivity contribution in [2.45, 2.75) is 13.1 Å². The zero-order chi connectivity index (χ0) is 25.9. The molecule has 0 unspecified atom stereocenters. The predicted octanol–water partition coefficient (Wildman–Crippen LogP) is 3.28. The summed E-state index contributed by atoms with van der Waals surface area (Å²) < 4.78 is 7.02. The van der Waals surface area contributed by atoms with Crippen molar-refractivity contribution >= 4 is 16.8 Å². The zero-order valence-corrected chi connectivity index (χ0v) is 20.7. The average molecular weight is 510 g/mol. The summed E-state index contributed by atoms with van der Waals surface area (Å²) in [6.07, 6.45) is 1.83. The Labute approximate surface area is 218 Å². The summed E-state index contributed by atoms with van der Waals surface area (Å²) in [6.45, 7) is 3.68. The van der Waals surface area contributed by atoms with Crippen LogP contribution < -0.4 is 5.32 Å². The van der Waals surface area contributed by atoms with Crippen LogP contribution in [0.25, 0.3) is 28.0 Å². The Balaban J connectivity index is 1.16. The Bertz CT molecular complexity index is 1570. The second-order valence-electron chi connectivity index (χ2n) is 9.23. The number of amides is 1. The second-order valence-corrected chi connectivity index (χ2v) is 9.23. The highest BCUT2D eigenvalue weighted by Crippen LogP contribution is 2.26. The van der Waals surface area contributed by atoms with Gasteiger partial charge in [-0.3, -0.25) is 9.89 Å². The van der Waals surface area contributed by atoms with Gasteiger partial charge in [-0.15, -0.1) is 5.10 Å². The van der Waals surface area contributed by atoms with Crippen LogP contribution in [-0.4, -0.2) is 67.4 Å². The molecule has 1 saturated heterocycles. The van der Waals surface area contributed by atoms with Crippen LogP contribution in [0, 0.1) is 0 Å². The number of hydrogen-bond donors (Lipinski definition) is 3. The van der Waals surface area contributed by atoms with Gasteiger partial charge in [0, 0.05) is 37.1 Å². The van der Waals surface area contributed by atoms with E-state index >= 15 is 0 Å². The van der Waals surface area contributed by atoms with Crippen LogP contribution in [0.1, 0.15) is 21.5 Å². The summed E-state index contributed by atoms with van der Waals surface area (Å²) in [5, 5.41) is 30.2. The second kappa shape index (κ2) is 10.4. The fourth-order valence-electron chi connectivity index (χ4n) is 4.59. The highest BCUT2D eigenvalue weighted by molar-refractivity contribution is 5.94. The van der Waals surface area contributed by atoms with Gasteiger partial charge in [-0.05, 0) is 59.7 Å². The molecule has 0 saturated carbocycles. The van der Waals surface area contributed by atoms with Crippen LogP contribution in [0.3, 0.4) is 0 Å². The molecule has 1 aliphatic rings. The Morgan fingerprint density at radius 1 is 1.00 bits per heavy atom. The molecule has 6 rings (SSSR count). The number of carbonyl (C=O) groups is 1. The molecule has 3 N–H and O–H groups in total. The van der Waals surface area contributed by atoms with Crippen molar-refractivity contribution in [2.75, 3.05) is 26.3 Å². The van der Waals surface area contributed by atoms with Gasteiger partial charge in [-0.25, -0.2) is 4.68 Å². The van der Waals surface area contributed by atoms with Gasteiger partial charge in [0.2, 0.25) is 0 Å². The molecule has 2 aromatic heterocycles. The van der Waals surface area contributed by atoms with Gasteiger partial charge >= 0.3 is 0 Å². The van der Waals surface area contributed by atoms with Gasteiger partial charge in [0.15, 0.2) is 0 Å². The molecule has 0 aliphatic carbocycles. The van der Waals surface area contributed by atoms with E-state index in [2.05, 4.69) is 38.0 Å². The minimum Gasteiger partial charge on any atom is -0.508 e. The molecule has 10 nitrogen and oxygen atoms in total. The lowest BCUT2D eigenvalue weighted by molar-refractivity contribution is 0.0303. The molecule has 3 heterocycles. The lowest BCUT2D eigenvalue weighted by atomic mass is 10.1. The summed E-state index contributed by atoms with van der Waals surface area (Å²) in [7, 11) is 0. The van der Waals surface area contributed by atoms with E-state index in [0.29, 0.717) is 50.7 Å². The number of aromatic hydroxyl groups is 1. The number of rotatable bonds is 7. The number of aromatic nitrogens is 5. The Morgan fingerprint density at radius 2 is 1.79 bits per heavy atom. The quantitative estimate of drug-likeness (QED) is 0.308. The number of morpholine rings is 1. The van der Waals surface area contributed by atoms with E-state index in [-0.39, 0.29) is 11.7 Å². The molecule has 38 heavy (non-hydrogen) atoms. The first-order chi connectivity index (χ1) is 18.6. The molecule has 1 fully saturated rings. The zero-order valence-electron chi connectivity index (χ0n) is 20.7. The third-order valence-electron chi connectivity index (χ3n) is 6.61. The van der Waals surface area contributed by atoms with Crippen molar-refractivity contribution in [1.29, 1.82) is 0 Å². The van der Waals surface area contributed by atoms with Crippen molar-refractivity contribution in [3.05, 3.63) is 89.6 Å². The third kappa shape index (κ3) is 4.99. The molecule has 0 spiro atoms. The highest BCUT2D eigenvalue weighted by atomic mass is 16.5. The molecule has 0 radical (unpaired) electrons.